The molecule has 1 saturated heterocycles. The minimum atomic E-state index is -0.165. The molecular weight excluding hydrogens is 350 g/mol. The number of benzene rings is 2. The topological polar surface area (TPSA) is 61.4 Å². The lowest BCUT2D eigenvalue weighted by Crippen LogP contribution is -2.45. The molecule has 2 N–H and O–H groups in total. The van der Waals surface area contributed by atoms with Crippen LogP contribution in [0.5, 0.6) is 0 Å². The van der Waals surface area contributed by atoms with Crippen molar-refractivity contribution in [2.45, 2.75) is 32.7 Å². The Morgan fingerprint density at radius 1 is 1.04 bits per heavy atom. The molecule has 2 atom stereocenters. The first kappa shape index (κ1) is 20.1. The van der Waals surface area contributed by atoms with E-state index in [0.29, 0.717) is 16.8 Å². The van der Waals surface area contributed by atoms with E-state index >= 15 is 0 Å². The summed E-state index contributed by atoms with van der Waals surface area (Å²) in [5.74, 6) is 0.482. The van der Waals surface area contributed by atoms with Crippen molar-refractivity contribution in [1.29, 1.82) is 0 Å². The van der Waals surface area contributed by atoms with Crippen LogP contribution in [-0.2, 0) is 0 Å². The third-order valence-corrected chi connectivity index (χ3v) is 5.09. The molecule has 0 aromatic heterocycles. The SMILES string of the molecule is CC1CCCN(CC(C)NC(=O)c2ccc(NC(=O)c3ccccc3)cc2)C1. The van der Waals surface area contributed by atoms with Gasteiger partial charge < -0.3 is 15.5 Å². The normalized spacial score (nSPS) is 18.3. The molecule has 0 radical (unpaired) electrons. The van der Waals surface area contributed by atoms with Gasteiger partial charge in [0.25, 0.3) is 11.8 Å². The van der Waals surface area contributed by atoms with E-state index in [2.05, 4.69) is 22.5 Å². The summed E-state index contributed by atoms with van der Waals surface area (Å²) < 4.78 is 0. The van der Waals surface area contributed by atoms with Gasteiger partial charge in [-0.1, -0.05) is 25.1 Å². The minimum Gasteiger partial charge on any atom is -0.348 e. The Morgan fingerprint density at radius 2 is 1.71 bits per heavy atom. The predicted octanol–water partition coefficient (Wildman–Crippen LogP) is 3.79. The maximum atomic E-state index is 12.5. The summed E-state index contributed by atoms with van der Waals surface area (Å²) in [6.45, 7) is 7.43. The molecule has 2 amide bonds. The summed E-state index contributed by atoms with van der Waals surface area (Å²) in [5, 5.41) is 5.92. The third kappa shape index (κ3) is 5.67. The lowest BCUT2D eigenvalue weighted by atomic mass is 10.00. The highest BCUT2D eigenvalue weighted by atomic mass is 16.2. The van der Waals surface area contributed by atoms with Crippen molar-refractivity contribution in [3.63, 3.8) is 0 Å². The Hall–Kier alpha value is -2.66. The van der Waals surface area contributed by atoms with Crippen molar-refractivity contribution in [3.05, 3.63) is 65.7 Å². The van der Waals surface area contributed by atoms with Crippen LogP contribution in [0, 0.1) is 5.92 Å². The van der Waals surface area contributed by atoms with Crippen molar-refractivity contribution in [2.75, 3.05) is 25.0 Å². The van der Waals surface area contributed by atoms with Crippen molar-refractivity contribution >= 4 is 17.5 Å². The molecule has 3 rings (SSSR count). The number of piperidine rings is 1. The van der Waals surface area contributed by atoms with Gasteiger partial charge in [0.05, 0.1) is 0 Å². The van der Waals surface area contributed by atoms with E-state index in [-0.39, 0.29) is 17.9 Å². The molecule has 5 nitrogen and oxygen atoms in total. The van der Waals surface area contributed by atoms with E-state index < -0.39 is 0 Å². The van der Waals surface area contributed by atoms with Crippen LogP contribution in [0.15, 0.2) is 54.6 Å². The van der Waals surface area contributed by atoms with E-state index in [1.54, 1.807) is 36.4 Å². The van der Waals surface area contributed by atoms with Gasteiger partial charge in [0.15, 0.2) is 0 Å². The van der Waals surface area contributed by atoms with Crippen LogP contribution in [0.4, 0.5) is 5.69 Å². The molecule has 0 spiro atoms. The van der Waals surface area contributed by atoms with Crippen molar-refractivity contribution in [3.8, 4) is 0 Å². The Labute approximate surface area is 167 Å². The highest BCUT2D eigenvalue weighted by Gasteiger charge is 2.19. The number of anilines is 1. The van der Waals surface area contributed by atoms with Gasteiger partial charge in [-0.3, -0.25) is 9.59 Å². The molecule has 1 heterocycles. The molecule has 2 aromatic carbocycles. The Morgan fingerprint density at radius 3 is 2.39 bits per heavy atom. The second-order valence-electron chi connectivity index (χ2n) is 7.78. The molecule has 1 aliphatic heterocycles. The smallest absolute Gasteiger partial charge is 0.255 e. The monoisotopic (exact) mass is 379 g/mol. The standard InChI is InChI=1S/C23H29N3O2/c1-17-7-6-14-26(15-17)16-18(2)24-22(27)20-10-12-21(13-11-20)25-23(28)19-8-4-3-5-9-19/h3-5,8-13,17-18H,6-7,14-16H2,1-2H3,(H,24,27)(H,25,28). The highest BCUT2D eigenvalue weighted by Crippen LogP contribution is 2.16. The maximum absolute atomic E-state index is 12.5. The summed E-state index contributed by atoms with van der Waals surface area (Å²) in [4.78, 5) is 27.1. The zero-order valence-electron chi connectivity index (χ0n) is 16.7. The number of carbonyl (C=O) groups is 2. The van der Waals surface area contributed by atoms with Crippen molar-refractivity contribution in [2.24, 2.45) is 5.92 Å². The van der Waals surface area contributed by atoms with Crippen LogP contribution >= 0.6 is 0 Å². The van der Waals surface area contributed by atoms with Gasteiger partial charge in [0.1, 0.15) is 0 Å². The average molecular weight is 380 g/mol. The molecule has 0 aliphatic carbocycles. The quantitative estimate of drug-likeness (QED) is 0.803. The number of rotatable bonds is 6. The fourth-order valence-corrected chi connectivity index (χ4v) is 3.69. The van der Waals surface area contributed by atoms with Gasteiger partial charge in [-0.15, -0.1) is 0 Å². The Kier molecular flexibility index (Phi) is 6.82. The summed E-state index contributed by atoms with van der Waals surface area (Å²) in [6, 6.07) is 16.1. The maximum Gasteiger partial charge on any atom is 0.255 e. The minimum absolute atomic E-state index is 0.0847. The summed E-state index contributed by atoms with van der Waals surface area (Å²) >= 11 is 0. The van der Waals surface area contributed by atoms with E-state index in [1.807, 2.05) is 25.1 Å². The molecule has 28 heavy (non-hydrogen) atoms. The number of carbonyl (C=O) groups excluding carboxylic acids is 2. The number of nitrogens with one attached hydrogen (secondary N) is 2. The Bertz CT molecular complexity index is 789. The number of likely N-dealkylation sites (tertiary alicyclic amines) is 1. The Balaban J connectivity index is 1.51. The summed E-state index contributed by atoms with van der Waals surface area (Å²) in [6.07, 6.45) is 2.53. The molecule has 1 fully saturated rings. The van der Waals surface area contributed by atoms with Gasteiger partial charge in [-0.25, -0.2) is 0 Å². The fourth-order valence-electron chi connectivity index (χ4n) is 3.69. The van der Waals surface area contributed by atoms with E-state index in [0.717, 1.165) is 25.6 Å². The second-order valence-corrected chi connectivity index (χ2v) is 7.78. The van der Waals surface area contributed by atoms with Crippen molar-refractivity contribution < 1.29 is 9.59 Å². The average Bonchev–Trinajstić information content (AvgIpc) is 2.69. The number of hydrogen-bond donors (Lipinski definition) is 2. The molecular formula is C23H29N3O2. The first-order valence-electron chi connectivity index (χ1n) is 10.0. The summed E-state index contributed by atoms with van der Waals surface area (Å²) in [5.41, 5.74) is 1.86. The lowest BCUT2D eigenvalue weighted by Gasteiger charge is -2.32. The molecule has 0 saturated carbocycles. The van der Waals surface area contributed by atoms with Crippen LogP contribution in [0.1, 0.15) is 47.4 Å². The van der Waals surface area contributed by atoms with Crippen molar-refractivity contribution in [1.82, 2.24) is 10.2 Å². The molecule has 5 heteroatoms. The van der Waals surface area contributed by atoms with Crippen LogP contribution in [-0.4, -0.2) is 42.4 Å². The van der Waals surface area contributed by atoms with E-state index in [4.69, 9.17) is 0 Å². The van der Waals surface area contributed by atoms with Gasteiger partial charge in [-0.05, 0) is 68.6 Å². The number of nitrogens with zero attached hydrogens (tertiary/aromatic N) is 1. The molecule has 0 bridgehead atoms. The zero-order chi connectivity index (χ0) is 19.9. The van der Waals surface area contributed by atoms with Gasteiger partial charge in [0.2, 0.25) is 0 Å². The molecule has 2 aromatic rings. The predicted molar refractivity (Wildman–Crippen MR) is 113 cm³/mol. The van der Waals surface area contributed by atoms with Crippen LogP contribution in [0.25, 0.3) is 0 Å². The zero-order valence-corrected chi connectivity index (χ0v) is 16.7. The fraction of sp³-hybridized carbons (Fsp3) is 0.391. The van der Waals surface area contributed by atoms with Crippen LogP contribution in [0.2, 0.25) is 0 Å². The van der Waals surface area contributed by atoms with Gasteiger partial charge in [0, 0.05) is 35.9 Å². The van der Waals surface area contributed by atoms with E-state index in [9.17, 15) is 9.59 Å². The van der Waals surface area contributed by atoms with E-state index in [1.165, 1.54) is 12.8 Å². The molecule has 148 valence electrons. The number of amides is 2. The lowest BCUT2D eigenvalue weighted by molar-refractivity contribution is 0.0919. The molecule has 2 unspecified atom stereocenters. The first-order chi connectivity index (χ1) is 13.5. The van der Waals surface area contributed by atoms with Crippen LogP contribution in [0.3, 0.4) is 0 Å². The number of hydrogen-bond acceptors (Lipinski definition) is 3. The second kappa shape index (κ2) is 9.51. The van der Waals surface area contributed by atoms with Gasteiger partial charge in [-0.2, -0.15) is 0 Å². The largest absolute Gasteiger partial charge is 0.348 e. The first-order valence-corrected chi connectivity index (χ1v) is 10.0. The summed E-state index contributed by atoms with van der Waals surface area (Å²) in [7, 11) is 0. The van der Waals surface area contributed by atoms with Gasteiger partial charge >= 0.3 is 0 Å². The highest BCUT2D eigenvalue weighted by molar-refractivity contribution is 6.04. The van der Waals surface area contributed by atoms with Crippen LogP contribution < -0.4 is 10.6 Å². The molecule has 1 aliphatic rings. The third-order valence-electron chi connectivity index (χ3n) is 5.09.